The minimum atomic E-state index is -0.614. The van der Waals surface area contributed by atoms with Crippen LogP contribution < -0.4 is 24.8 Å². The SMILES string of the molecule is COc1cc(Nc2ncc3c(n2)N2CCN=C2N(c2c(F)cccc2Cl)C3=O)ccc1N1CCN(C)CC1. The molecule has 4 heterocycles. The monoisotopic (exact) mass is 536 g/mol. The van der Waals surface area contributed by atoms with Crippen LogP contribution in [0.5, 0.6) is 5.75 Å². The van der Waals surface area contributed by atoms with Crippen LogP contribution in [0.2, 0.25) is 5.02 Å². The molecule has 12 heteroatoms. The van der Waals surface area contributed by atoms with Crippen molar-refractivity contribution in [1.82, 2.24) is 14.9 Å². The lowest BCUT2D eigenvalue weighted by Crippen LogP contribution is -2.51. The minimum absolute atomic E-state index is 0.0368. The molecule has 10 nitrogen and oxygen atoms in total. The normalized spacial score (nSPS) is 17.3. The van der Waals surface area contributed by atoms with Gasteiger partial charge in [0.1, 0.15) is 22.8 Å². The van der Waals surface area contributed by atoms with E-state index in [4.69, 9.17) is 16.3 Å². The number of likely N-dealkylation sites (N-methyl/N-ethyl adjacent to an activating group) is 1. The molecule has 0 spiro atoms. The summed E-state index contributed by atoms with van der Waals surface area (Å²) in [6.45, 7) is 4.76. The molecule has 0 saturated carbocycles. The summed E-state index contributed by atoms with van der Waals surface area (Å²) in [6, 6.07) is 10.2. The number of para-hydroxylation sites is 1. The van der Waals surface area contributed by atoms with Gasteiger partial charge in [0.2, 0.25) is 11.9 Å². The minimum Gasteiger partial charge on any atom is -0.495 e. The molecule has 196 valence electrons. The van der Waals surface area contributed by atoms with Crippen LogP contribution in [0.4, 0.5) is 33.2 Å². The number of nitrogens with zero attached hydrogens (tertiary/aromatic N) is 7. The molecular formula is C26H26ClFN8O2. The second-order valence-corrected chi connectivity index (χ2v) is 9.68. The van der Waals surface area contributed by atoms with Crippen LogP contribution in [0.1, 0.15) is 10.4 Å². The van der Waals surface area contributed by atoms with Crippen molar-refractivity contribution in [3.63, 3.8) is 0 Å². The third-order valence-electron chi connectivity index (χ3n) is 6.92. The van der Waals surface area contributed by atoms with Gasteiger partial charge in [0.05, 0.1) is 24.4 Å². The zero-order valence-corrected chi connectivity index (χ0v) is 21.7. The number of hydrogen-bond acceptors (Lipinski definition) is 9. The van der Waals surface area contributed by atoms with E-state index in [1.807, 2.05) is 18.2 Å². The van der Waals surface area contributed by atoms with Gasteiger partial charge < -0.3 is 19.9 Å². The predicted octanol–water partition coefficient (Wildman–Crippen LogP) is 3.61. The zero-order chi connectivity index (χ0) is 26.4. The predicted molar refractivity (Wildman–Crippen MR) is 146 cm³/mol. The molecule has 1 N–H and O–H groups in total. The Kier molecular flexibility index (Phi) is 6.24. The molecule has 0 unspecified atom stereocenters. The van der Waals surface area contributed by atoms with Crippen LogP contribution in [0.15, 0.2) is 47.6 Å². The topological polar surface area (TPSA) is 89.4 Å². The van der Waals surface area contributed by atoms with E-state index in [-0.39, 0.29) is 22.2 Å². The number of aromatic nitrogens is 2. The van der Waals surface area contributed by atoms with Gasteiger partial charge in [-0.2, -0.15) is 4.98 Å². The number of amides is 1. The molecule has 3 aliphatic rings. The number of carbonyl (C=O) groups excluding carboxylic acids is 1. The summed E-state index contributed by atoms with van der Waals surface area (Å²) >= 11 is 6.29. The largest absolute Gasteiger partial charge is 0.495 e. The molecule has 6 rings (SSSR count). The molecule has 3 aromatic rings. The first-order valence-corrected chi connectivity index (χ1v) is 12.7. The Bertz CT molecular complexity index is 1420. The number of piperazine rings is 1. The number of benzene rings is 2. The van der Waals surface area contributed by atoms with Crippen LogP contribution >= 0.6 is 11.6 Å². The van der Waals surface area contributed by atoms with Gasteiger partial charge >= 0.3 is 0 Å². The first-order valence-electron chi connectivity index (χ1n) is 12.3. The van der Waals surface area contributed by atoms with E-state index in [1.165, 1.54) is 29.3 Å². The molecule has 0 bridgehead atoms. The van der Waals surface area contributed by atoms with Crippen LogP contribution in [-0.2, 0) is 0 Å². The van der Waals surface area contributed by atoms with E-state index in [0.29, 0.717) is 24.9 Å². The summed E-state index contributed by atoms with van der Waals surface area (Å²) in [5.41, 5.74) is 1.98. The van der Waals surface area contributed by atoms with Crippen LogP contribution in [-0.4, -0.2) is 80.2 Å². The number of halogens is 2. The fourth-order valence-corrected chi connectivity index (χ4v) is 5.17. The maximum atomic E-state index is 14.8. The Morgan fingerprint density at radius 2 is 1.92 bits per heavy atom. The molecule has 1 amide bonds. The van der Waals surface area contributed by atoms with Gasteiger partial charge in [-0.25, -0.2) is 14.3 Å². The number of nitrogens with one attached hydrogen (secondary N) is 1. The number of rotatable bonds is 5. The average molecular weight is 537 g/mol. The van der Waals surface area contributed by atoms with Gasteiger partial charge in [-0.05, 0) is 31.3 Å². The highest BCUT2D eigenvalue weighted by Gasteiger charge is 2.41. The van der Waals surface area contributed by atoms with E-state index < -0.39 is 11.7 Å². The summed E-state index contributed by atoms with van der Waals surface area (Å²) in [4.78, 5) is 34.6. The Morgan fingerprint density at radius 1 is 1.11 bits per heavy atom. The van der Waals surface area contributed by atoms with Crippen molar-refractivity contribution in [1.29, 1.82) is 0 Å². The molecule has 1 fully saturated rings. The first-order chi connectivity index (χ1) is 18.4. The summed E-state index contributed by atoms with van der Waals surface area (Å²) in [7, 11) is 3.78. The summed E-state index contributed by atoms with van der Waals surface area (Å²) in [5.74, 6) is 0.658. The lowest BCUT2D eigenvalue weighted by atomic mass is 10.1. The summed E-state index contributed by atoms with van der Waals surface area (Å²) < 4.78 is 20.5. The second-order valence-electron chi connectivity index (χ2n) is 9.28. The lowest BCUT2D eigenvalue weighted by molar-refractivity contribution is 0.0999. The van der Waals surface area contributed by atoms with Gasteiger partial charge in [0.15, 0.2) is 5.82 Å². The zero-order valence-electron chi connectivity index (χ0n) is 21.0. The molecule has 1 saturated heterocycles. The molecule has 0 aliphatic carbocycles. The number of fused-ring (bicyclic) bond motifs is 3. The molecular weight excluding hydrogens is 511 g/mol. The van der Waals surface area contributed by atoms with Crippen molar-refractivity contribution in [2.24, 2.45) is 4.99 Å². The molecule has 2 aromatic carbocycles. The van der Waals surface area contributed by atoms with Crippen molar-refractivity contribution >= 4 is 52.3 Å². The van der Waals surface area contributed by atoms with Crippen LogP contribution in [0.25, 0.3) is 0 Å². The van der Waals surface area contributed by atoms with Crippen molar-refractivity contribution in [3.8, 4) is 5.75 Å². The number of carbonyl (C=O) groups is 1. The maximum absolute atomic E-state index is 14.8. The van der Waals surface area contributed by atoms with Gasteiger partial charge in [-0.1, -0.05) is 17.7 Å². The van der Waals surface area contributed by atoms with Crippen LogP contribution in [0, 0.1) is 5.82 Å². The number of hydrogen-bond donors (Lipinski definition) is 1. The third-order valence-corrected chi connectivity index (χ3v) is 7.22. The number of guanidine groups is 1. The fourth-order valence-electron chi connectivity index (χ4n) is 4.93. The molecule has 0 radical (unpaired) electrons. The molecule has 3 aliphatic heterocycles. The van der Waals surface area contributed by atoms with Gasteiger partial charge in [-0.3, -0.25) is 14.7 Å². The van der Waals surface area contributed by atoms with E-state index in [0.717, 1.165) is 43.3 Å². The lowest BCUT2D eigenvalue weighted by Gasteiger charge is -2.35. The smallest absolute Gasteiger partial charge is 0.270 e. The van der Waals surface area contributed by atoms with Crippen molar-refractivity contribution in [2.75, 3.05) is 73.4 Å². The maximum Gasteiger partial charge on any atom is 0.270 e. The Labute approximate surface area is 224 Å². The number of anilines is 5. The highest BCUT2D eigenvalue weighted by atomic mass is 35.5. The molecule has 38 heavy (non-hydrogen) atoms. The van der Waals surface area contributed by atoms with E-state index in [1.54, 1.807) is 12.0 Å². The third kappa shape index (κ3) is 4.17. The Balaban J connectivity index is 1.30. The quantitative estimate of drug-likeness (QED) is 0.529. The van der Waals surface area contributed by atoms with Crippen molar-refractivity contribution < 1.29 is 13.9 Å². The highest BCUT2D eigenvalue weighted by molar-refractivity contribution is 6.38. The van der Waals surface area contributed by atoms with E-state index in [2.05, 4.69) is 37.1 Å². The first kappa shape index (κ1) is 24.4. The average Bonchev–Trinajstić information content (AvgIpc) is 3.41. The highest BCUT2D eigenvalue weighted by Crippen LogP contribution is 2.38. The number of ether oxygens (including phenoxy) is 1. The Hall–Kier alpha value is -3.96. The Morgan fingerprint density at radius 3 is 2.68 bits per heavy atom. The number of methoxy groups -OCH3 is 1. The second kappa shape index (κ2) is 9.73. The van der Waals surface area contributed by atoms with Gasteiger partial charge in [0, 0.05) is 50.7 Å². The number of aliphatic imine (C=N–C) groups is 1. The van der Waals surface area contributed by atoms with Crippen molar-refractivity contribution in [2.45, 2.75) is 0 Å². The summed E-state index contributed by atoms with van der Waals surface area (Å²) in [6.07, 6.45) is 1.44. The molecule has 1 aromatic heterocycles. The standard InChI is InChI=1S/C26H26ClFN8O2/c1-33-10-12-34(13-11-33)20-7-6-16(14-21(20)38-2)31-25-30-15-17-23(32-25)35-9-8-29-26(35)36(24(17)37)22-18(27)4-3-5-19(22)28/h3-7,14-15H,8-13H2,1-2H3,(H,30,31,32). The van der Waals surface area contributed by atoms with Crippen molar-refractivity contribution in [3.05, 3.63) is 59.0 Å². The molecule has 0 atom stereocenters. The van der Waals surface area contributed by atoms with E-state index >= 15 is 0 Å². The van der Waals surface area contributed by atoms with Gasteiger partial charge in [-0.15, -0.1) is 0 Å². The van der Waals surface area contributed by atoms with Crippen LogP contribution in [0.3, 0.4) is 0 Å². The summed E-state index contributed by atoms with van der Waals surface area (Å²) in [5, 5.41) is 3.34. The fraction of sp³-hybridized carbons (Fsp3) is 0.308. The van der Waals surface area contributed by atoms with E-state index in [9.17, 15) is 9.18 Å². The van der Waals surface area contributed by atoms with Gasteiger partial charge in [0.25, 0.3) is 5.91 Å².